The maximum atomic E-state index is 13.0. The molecule has 3 heteroatoms. The Morgan fingerprint density at radius 3 is 2.60 bits per heavy atom. The molecule has 3 nitrogen and oxygen atoms in total. The van der Waals surface area contributed by atoms with E-state index < -0.39 is 0 Å². The summed E-state index contributed by atoms with van der Waals surface area (Å²) in [6.45, 7) is 15.9. The molecular formula is C27H42O3. The Kier molecular flexibility index (Phi) is 5.75. The second-order valence-corrected chi connectivity index (χ2v) is 11.7. The number of esters is 1. The molecule has 0 aromatic carbocycles. The monoisotopic (exact) mass is 414 g/mol. The number of fused-ring (bicyclic) bond motifs is 4. The molecule has 0 aromatic heterocycles. The third kappa shape index (κ3) is 3.40. The van der Waals surface area contributed by atoms with Crippen LogP contribution in [0.4, 0.5) is 0 Å². The van der Waals surface area contributed by atoms with Crippen molar-refractivity contribution in [1.29, 1.82) is 0 Å². The molecule has 0 saturated heterocycles. The van der Waals surface area contributed by atoms with E-state index in [4.69, 9.17) is 4.74 Å². The zero-order valence-corrected chi connectivity index (χ0v) is 19.8. The maximum absolute atomic E-state index is 13.0. The summed E-state index contributed by atoms with van der Waals surface area (Å²) >= 11 is 0. The summed E-state index contributed by atoms with van der Waals surface area (Å²) in [7, 11) is 0. The summed E-state index contributed by atoms with van der Waals surface area (Å²) < 4.78 is 6.13. The van der Waals surface area contributed by atoms with Crippen molar-refractivity contribution in [3.8, 4) is 0 Å². The Morgan fingerprint density at radius 1 is 1.17 bits per heavy atom. The number of carbonyl (C=O) groups excluding carboxylic acids is 1. The smallest absolute Gasteiger partial charge is 0.315 e. The molecule has 168 valence electrons. The largest absolute Gasteiger partial charge is 0.431 e. The second-order valence-electron chi connectivity index (χ2n) is 11.7. The molecule has 7 atom stereocenters. The highest BCUT2D eigenvalue weighted by Crippen LogP contribution is 2.64. The van der Waals surface area contributed by atoms with E-state index in [1.54, 1.807) is 0 Å². The first-order valence-electron chi connectivity index (χ1n) is 12.4. The number of hydrogen-bond acceptors (Lipinski definition) is 3. The fourth-order valence-corrected chi connectivity index (χ4v) is 7.51. The van der Waals surface area contributed by atoms with Gasteiger partial charge in [0.15, 0.2) is 0 Å². The number of rotatable bonds is 5. The summed E-state index contributed by atoms with van der Waals surface area (Å²) in [5.74, 6) is 3.11. The van der Waals surface area contributed by atoms with E-state index in [-0.39, 0.29) is 28.8 Å². The molecule has 4 rings (SSSR count). The van der Waals surface area contributed by atoms with E-state index in [1.807, 2.05) is 0 Å². The molecule has 0 aromatic rings. The lowest BCUT2D eigenvalue weighted by Gasteiger charge is -2.53. The van der Waals surface area contributed by atoms with Crippen molar-refractivity contribution < 1.29 is 14.6 Å². The van der Waals surface area contributed by atoms with Gasteiger partial charge in [-0.15, -0.1) is 0 Å². The summed E-state index contributed by atoms with van der Waals surface area (Å²) in [5.41, 5.74) is 2.91. The van der Waals surface area contributed by atoms with Gasteiger partial charge < -0.3 is 9.84 Å². The zero-order chi connectivity index (χ0) is 21.8. The van der Waals surface area contributed by atoms with Crippen molar-refractivity contribution in [2.75, 3.05) is 0 Å². The molecule has 1 N–H and O–H groups in total. The lowest BCUT2D eigenvalue weighted by Crippen LogP contribution is -2.50. The van der Waals surface area contributed by atoms with Gasteiger partial charge in [-0.05, 0) is 86.5 Å². The Bertz CT molecular complexity index is 749. The van der Waals surface area contributed by atoms with Crippen LogP contribution < -0.4 is 0 Å². The first kappa shape index (κ1) is 22.1. The first-order chi connectivity index (χ1) is 14.1. The van der Waals surface area contributed by atoms with Crippen molar-refractivity contribution >= 4 is 5.97 Å². The maximum Gasteiger partial charge on any atom is 0.315 e. The van der Waals surface area contributed by atoms with Crippen molar-refractivity contribution in [3.05, 3.63) is 23.5 Å². The zero-order valence-electron chi connectivity index (χ0n) is 19.8. The Morgan fingerprint density at radius 2 is 1.90 bits per heavy atom. The Labute approximate surface area is 183 Å². The predicted molar refractivity (Wildman–Crippen MR) is 121 cm³/mol. The Hall–Kier alpha value is -1.09. The summed E-state index contributed by atoms with van der Waals surface area (Å²) in [6.07, 6.45) is 8.91. The molecular weight excluding hydrogens is 372 g/mol. The molecule has 2 fully saturated rings. The van der Waals surface area contributed by atoms with Crippen LogP contribution >= 0.6 is 0 Å². The fourth-order valence-electron chi connectivity index (χ4n) is 7.51. The van der Waals surface area contributed by atoms with Crippen LogP contribution in [0.2, 0.25) is 0 Å². The van der Waals surface area contributed by atoms with Crippen LogP contribution in [0.1, 0.15) is 92.4 Å². The summed E-state index contributed by atoms with van der Waals surface area (Å²) in [4.78, 5) is 13.0. The average molecular weight is 415 g/mol. The summed E-state index contributed by atoms with van der Waals surface area (Å²) in [6, 6.07) is 0. The minimum atomic E-state index is -0.357. The van der Waals surface area contributed by atoms with Crippen LogP contribution in [-0.2, 0) is 9.53 Å². The fraction of sp³-hybridized carbons (Fsp3) is 0.815. The highest BCUT2D eigenvalue weighted by molar-refractivity contribution is 5.77. The number of aliphatic hydroxyl groups is 1. The molecule has 1 heterocycles. The number of hydrogen-bond donors (Lipinski definition) is 1. The van der Waals surface area contributed by atoms with Gasteiger partial charge in [0.1, 0.15) is 5.76 Å². The molecule has 0 bridgehead atoms. The highest BCUT2D eigenvalue weighted by atomic mass is 16.5. The van der Waals surface area contributed by atoms with E-state index >= 15 is 0 Å². The van der Waals surface area contributed by atoms with E-state index in [9.17, 15) is 9.90 Å². The topological polar surface area (TPSA) is 46.5 Å². The van der Waals surface area contributed by atoms with Gasteiger partial charge in [-0.3, -0.25) is 4.79 Å². The molecule has 0 spiro atoms. The molecule has 3 aliphatic carbocycles. The van der Waals surface area contributed by atoms with Gasteiger partial charge >= 0.3 is 5.97 Å². The normalized spacial score (nSPS) is 41.8. The van der Waals surface area contributed by atoms with Crippen LogP contribution in [0.5, 0.6) is 0 Å². The van der Waals surface area contributed by atoms with Crippen LogP contribution in [-0.4, -0.2) is 17.2 Å². The van der Waals surface area contributed by atoms with E-state index in [2.05, 4.69) is 41.2 Å². The minimum Gasteiger partial charge on any atom is -0.431 e. The number of ether oxygens (including phenoxy) is 1. The van der Waals surface area contributed by atoms with Gasteiger partial charge in [0.2, 0.25) is 0 Å². The molecule has 4 aliphatic rings. The third-order valence-corrected chi connectivity index (χ3v) is 9.82. The Balaban J connectivity index is 1.57. The second kappa shape index (κ2) is 7.80. The molecule has 0 amide bonds. The van der Waals surface area contributed by atoms with Crippen molar-refractivity contribution in [3.63, 3.8) is 0 Å². The molecule has 2 saturated carbocycles. The average Bonchev–Trinajstić information content (AvgIpc) is 3.04. The first-order valence-corrected chi connectivity index (χ1v) is 12.4. The molecule has 1 aliphatic heterocycles. The lowest BCUT2D eigenvalue weighted by molar-refractivity contribution is -0.159. The summed E-state index contributed by atoms with van der Waals surface area (Å²) in [5, 5.41) is 10.2. The number of carbonyl (C=O) groups is 1. The minimum absolute atomic E-state index is 0.0796. The van der Waals surface area contributed by atoms with Crippen molar-refractivity contribution in [2.45, 2.75) is 98.5 Å². The van der Waals surface area contributed by atoms with Crippen LogP contribution in [0.15, 0.2) is 23.5 Å². The van der Waals surface area contributed by atoms with Crippen molar-refractivity contribution in [2.24, 2.45) is 40.4 Å². The van der Waals surface area contributed by atoms with E-state index in [0.29, 0.717) is 30.1 Å². The molecule has 30 heavy (non-hydrogen) atoms. The number of allylic oxidation sites excluding steroid dienone is 3. The van der Waals surface area contributed by atoms with E-state index in [0.717, 1.165) is 37.9 Å². The van der Waals surface area contributed by atoms with Crippen LogP contribution in [0.3, 0.4) is 0 Å². The number of aliphatic hydroxyl groups excluding tert-OH is 1. The van der Waals surface area contributed by atoms with Gasteiger partial charge in [-0.1, -0.05) is 46.8 Å². The van der Waals surface area contributed by atoms with Gasteiger partial charge in [-0.2, -0.15) is 0 Å². The quantitative estimate of drug-likeness (QED) is 0.417. The van der Waals surface area contributed by atoms with Gasteiger partial charge in [0.05, 0.1) is 12.0 Å². The van der Waals surface area contributed by atoms with Crippen LogP contribution in [0.25, 0.3) is 0 Å². The van der Waals surface area contributed by atoms with Gasteiger partial charge in [-0.25, -0.2) is 0 Å². The van der Waals surface area contributed by atoms with Crippen LogP contribution in [0, 0.1) is 40.4 Å². The molecule has 0 unspecified atom stereocenters. The lowest BCUT2D eigenvalue weighted by atomic mass is 9.54. The molecule has 0 radical (unpaired) electrons. The third-order valence-electron chi connectivity index (χ3n) is 9.82. The van der Waals surface area contributed by atoms with E-state index in [1.165, 1.54) is 30.4 Å². The SMILES string of the molecule is C=C(CC[C@@H](C)[C@H]1CC[C@H]2C3=C(CC[C@]12C)[C@@]1(C)CC[C@H](O)C[C@@H]1C(=O)O3)C(C)C. The predicted octanol–water partition coefficient (Wildman–Crippen LogP) is 6.42. The standard InChI is InChI=1S/C27H42O3/c1-16(2)17(3)7-8-18(4)20-9-10-21-24-22(12-14-26(20,21)5)27(6)13-11-19(28)15-23(27)25(29)30-24/h16,18-21,23,28H,3,7-15H2,1-2,4-6H3/t18-,19+,20-,21+,23-,26-,27-/m1/s1. The van der Waals surface area contributed by atoms with Gasteiger partial charge in [0.25, 0.3) is 0 Å². The van der Waals surface area contributed by atoms with Crippen molar-refractivity contribution in [1.82, 2.24) is 0 Å². The van der Waals surface area contributed by atoms with Gasteiger partial charge in [0, 0.05) is 11.3 Å². The highest BCUT2D eigenvalue weighted by Gasteiger charge is 2.59.